The molecule has 0 spiro atoms. The molecule has 0 aliphatic carbocycles. The summed E-state index contributed by atoms with van der Waals surface area (Å²) >= 11 is 8.45. The highest BCUT2D eigenvalue weighted by molar-refractivity contribution is 9.10. The lowest BCUT2D eigenvalue weighted by Crippen LogP contribution is -2.38. The van der Waals surface area contributed by atoms with Crippen molar-refractivity contribution in [3.8, 4) is 0 Å². The predicted molar refractivity (Wildman–Crippen MR) is 74.3 cm³/mol. The number of rotatable bonds is 3. The van der Waals surface area contributed by atoms with Crippen molar-refractivity contribution in [3.05, 3.63) is 34.1 Å². The molecule has 2 rings (SSSR count). The zero-order chi connectivity index (χ0) is 12.4. The van der Waals surface area contributed by atoms with Gasteiger partial charge >= 0.3 is 0 Å². The van der Waals surface area contributed by atoms with Gasteiger partial charge in [-0.15, -0.1) is 0 Å². The van der Waals surface area contributed by atoms with E-state index in [-0.39, 0.29) is 11.9 Å². The summed E-state index contributed by atoms with van der Waals surface area (Å²) in [5, 5.41) is 0. The van der Waals surface area contributed by atoms with E-state index in [4.69, 9.17) is 18.0 Å². The lowest BCUT2D eigenvalue weighted by Gasteiger charge is -2.23. The van der Waals surface area contributed by atoms with Crippen LogP contribution in [0.2, 0.25) is 0 Å². The molecule has 1 heterocycles. The molecule has 5 heteroatoms. The Kier molecular flexibility index (Phi) is 4.12. The van der Waals surface area contributed by atoms with Crippen LogP contribution in [0.4, 0.5) is 4.39 Å². The maximum atomic E-state index is 13.0. The van der Waals surface area contributed by atoms with E-state index in [0.717, 1.165) is 36.0 Å². The van der Waals surface area contributed by atoms with Gasteiger partial charge in [-0.25, -0.2) is 4.39 Å². The zero-order valence-corrected chi connectivity index (χ0v) is 11.7. The second-order valence-electron chi connectivity index (χ2n) is 4.27. The molecule has 1 aliphatic rings. The summed E-state index contributed by atoms with van der Waals surface area (Å²) in [5.41, 5.74) is 6.79. The van der Waals surface area contributed by atoms with E-state index < -0.39 is 0 Å². The number of thiocarbonyl (C=S) groups is 1. The van der Waals surface area contributed by atoms with Crippen LogP contribution in [0, 0.1) is 5.82 Å². The van der Waals surface area contributed by atoms with Crippen molar-refractivity contribution in [3.63, 3.8) is 0 Å². The van der Waals surface area contributed by atoms with E-state index in [1.807, 2.05) is 0 Å². The Balaban J connectivity index is 2.12. The quantitative estimate of drug-likeness (QED) is 0.869. The minimum atomic E-state index is -0.229. The van der Waals surface area contributed by atoms with Gasteiger partial charge in [-0.2, -0.15) is 0 Å². The first-order valence-corrected chi connectivity index (χ1v) is 6.75. The molecule has 0 bridgehead atoms. The zero-order valence-electron chi connectivity index (χ0n) is 9.33. The third-order valence-corrected chi connectivity index (χ3v) is 4.09. The van der Waals surface area contributed by atoms with Crippen LogP contribution >= 0.6 is 28.1 Å². The van der Waals surface area contributed by atoms with Gasteiger partial charge in [0.05, 0.1) is 11.0 Å². The molecule has 2 N–H and O–H groups in total. The van der Waals surface area contributed by atoms with Crippen molar-refractivity contribution in [1.82, 2.24) is 4.90 Å². The number of halogens is 2. The van der Waals surface area contributed by atoms with Crippen molar-refractivity contribution < 1.29 is 4.39 Å². The fourth-order valence-corrected chi connectivity index (χ4v) is 2.95. The Morgan fingerprint density at radius 1 is 1.59 bits per heavy atom. The normalized spacial score (nSPS) is 20.7. The second-order valence-corrected chi connectivity index (χ2v) is 5.59. The molecule has 0 saturated carbocycles. The Hall–Kier alpha value is -0.520. The first kappa shape index (κ1) is 12.9. The van der Waals surface area contributed by atoms with E-state index in [2.05, 4.69) is 20.8 Å². The summed E-state index contributed by atoms with van der Waals surface area (Å²) in [4.78, 5) is 2.81. The van der Waals surface area contributed by atoms with Gasteiger partial charge in [0.25, 0.3) is 0 Å². The first-order valence-electron chi connectivity index (χ1n) is 5.55. The molecule has 17 heavy (non-hydrogen) atoms. The Morgan fingerprint density at radius 2 is 2.35 bits per heavy atom. The van der Waals surface area contributed by atoms with Crippen molar-refractivity contribution >= 4 is 33.1 Å². The molecule has 0 amide bonds. The Labute approximate surface area is 114 Å². The topological polar surface area (TPSA) is 29.3 Å². The van der Waals surface area contributed by atoms with Crippen LogP contribution in [0.5, 0.6) is 0 Å². The van der Waals surface area contributed by atoms with Gasteiger partial charge in [0.2, 0.25) is 0 Å². The molecular formula is C12H14BrFN2S. The van der Waals surface area contributed by atoms with Gasteiger partial charge in [-0.05, 0) is 37.1 Å². The monoisotopic (exact) mass is 316 g/mol. The van der Waals surface area contributed by atoms with Gasteiger partial charge < -0.3 is 5.73 Å². The summed E-state index contributed by atoms with van der Waals surface area (Å²) in [7, 11) is 0. The van der Waals surface area contributed by atoms with E-state index in [0.29, 0.717) is 4.99 Å². The standard InChI is InChI=1S/C12H14BrFN2S/c13-10-6-9(14)4-3-8(10)7-16-5-1-2-11(16)12(15)17/h3-4,6,11H,1-2,5,7H2,(H2,15,17). The molecule has 1 aromatic carbocycles. The molecule has 0 radical (unpaired) electrons. The van der Waals surface area contributed by atoms with Gasteiger partial charge in [0.15, 0.2) is 0 Å². The van der Waals surface area contributed by atoms with Crippen molar-refractivity contribution in [2.75, 3.05) is 6.54 Å². The SMILES string of the molecule is NC(=S)C1CCCN1Cc1ccc(F)cc1Br. The van der Waals surface area contributed by atoms with Crippen LogP contribution in [-0.4, -0.2) is 22.5 Å². The van der Waals surface area contributed by atoms with Crippen LogP contribution in [0.25, 0.3) is 0 Å². The van der Waals surface area contributed by atoms with Gasteiger partial charge in [0, 0.05) is 11.0 Å². The smallest absolute Gasteiger partial charge is 0.124 e. The van der Waals surface area contributed by atoms with Crippen LogP contribution < -0.4 is 5.73 Å². The highest BCUT2D eigenvalue weighted by Gasteiger charge is 2.26. The van der Waals surface area contributed by atoms with Crippen LogP contribution in [-0.2, 0) is 6.54 Å². The van der Waals surface area contributed by atoms with E-state index in [1.54, 1.807) is 6.07 Å². The van der Waals surface area contributed by atoms with Crippen molar-refractivity contribution in [2.24, 2.45) is 5.73 Å². The van der Waals surface area contributed by atoms with E-state index in [9.17, 15) is 4.39 Å². The number of nitrogens with two attached hydrogens (primary N) is 1. The highest BCUT2D eigenvalue weighted by Crippen LogP contribution is 2.24. The molecule has 2 nitrogen and oxygen atoms in total. The molecule has 1 fully saturated rings. The maximum absolute atomic E-state index is 13.0. The average Bonchev–Trinajstić information content (AvgIpc) is 2.70. The molecule has 0 aromatic heterocycles. The molecule has 1 atom stereocenters. The van der Waals surface area contributed by atoms with Gasteiger partial charge in [0.1, 0.15) is 5.82 Å². The Bertz CT molecular complexity index is 439. The number of hydrogen-bond acceptors (Lipinski definition) is 2. The van der Waals surface area contributed by atoms with Crippen molar-refractivity contribution in [1.29, 1.82) is 0 Å². The minimum Gasteiger partial charge on any atom is -0.392 e. The molecule has 1 aliphatic heterocycles. The van der Waals surface area contributed by atoms with Gasteiger partial charge in [-0.1, -0.05) is 34.2 Å². The summed E-state index contributed by atoms with van der Waals surface area (Å²) < 4.78 is 13.8. The van der Waals surface area contributed by atoms with Crippen LogP contribution in [0.15, 0.2) is 22.7 Å². The second kappa shape index (κ2) is 5.42. The van der Waals surface area contributed by atoms with Gasteiger partial charge in [-0.3, -0.25) is 4.90 Å². The van der Waals surface area contributed by atoms with Crippen LogP contribution in [0.1, 0.15) is 18.4 Å². The predicted octanol–water partition coefficient (Wildman–Crippen LogP) is 2.84. The van der Waals surface area contributed by atoms with E-state index in [1.165, 1.54) is 12.1 Å². The summed E-state index contributed by atoms with van der Waals surface area (Å²) in [6.07, 6.45) is 2.13. The fourth-order valence-electron chi connectivity index (χ4n) is 2.21. The summed E-state index contributed by atoms with van der Waals surface area (Å²) in [6, 6.07) is 4.95. The lowest BCUT2D eigenvalue weighted by molar-refractivity contribution is 0.294. The maximum Gasteiger partial charge on any atom is 0.124 e. The molecular weight excluding hydrogens is 303 g/mol. The number of hydrogen-bond donors (Lipinski definition) is 1. The molecule has 1 unspecified atom stereocenters. The van der Waals surface area contributed by atoms with Crippen molar-refractivity contribution in [2.45, 2.75) is 25.4 Å². The highest BCUT2D eigenvalue weighted by atomic mass is 79.9. The summed E-state index contributed by atoms with van der Waals surface area (Å²) in [6.45, 7) is 1.74. The third-order valence-electron chi connectivity index (χ3n) is 3.08. The largest absolute Gasteiger partial charge is 0.392 e. The minimum absolute atomic E-state index is 0.182. The summed E-state index contributed by atoms with van der Waals surface area (Å²) in [5.74, 6) is -0.229. The molecule has 92 valence electrons. The van der Waals surface area contributed by atoms with E-state index >= 15 is 0 Å². The average molecular weight is 317 g/mol. The fraction of sp³-hybridized carbons (Fsp3) is 0.417. The Morgan fingerprint density at radius 3 is 3.00 bits per heavy atom. The first-order chi connectivity index (χ1) is 8.08. The van der Waals surface area contributed by atoms with Crippen LogP contribution in [0.3, 0.4) is 0 Å². The number of likely N-dealkylation sites (tertiary alicyclic amines) is 1. The number of nitrogens with zero attached hydrogens (tertiary/aromatic N) is 1. The molecule has 1 saturated heterocycles. The number of benzene rings is 1. The lowest BCUT2D eigenvalue weighted by atomic mass is 10.2. The molecule has 1 aromatic rings. The third kappa shape index (κ3) is 3.03.